The van der Waals surface area contributed by atoms with Gasteiger partial charge < -0.3 is 15.2 Å². The summed E-state index contributed by atoms with van der Waals surface area (Å²) in [5.74, 6) is 0. The summed E-state index contributed by atoms with van der Waals surface area (Å²) in [5, 5.41) is 0. The second-order valence-corrected chi connectivity index (χ2v) is 4.02. The van der Waals surface area contributed by atoms with Crippen LogP contribution >= 0.6 is 0 Å². The molecule has 82 valence electrons. The van der Waals surface area contributed by atoms with Gasteiger partial charge in [-0.05, 0) is 26.2 Å². The molecule has 0 amide bonds. The van der Waals surface area contributed by atoms with Gasteiger partial charge >= 0.3 is 0 Å². The Labute approximate surface area is 86.3 Å². The van der Waals surface area contributed by atoms with E-state index in [4.69, 9.17) is 15.2 Å². The van der Waals surface area contributed by atoms with Crippen LogP contribution in [0.15, 0.2) is 12.2 Å². The molecule has 2 unspecified atom stereocenters. The Morgan fingerprint density at radius 1 is 1.57 bits per heavy atom. The van der Waals surface area contributed by atoms with Crippen LogP contribution < -0.4 is 5.73 Å². The maximum absolute atomic E-state index is 5.79. The van der Waals surface area contributed by atoms with Crippen LogP contribution in [0.25, 0.3) is 0 Å². The first-order chi connectivity index (χ1) is 6.68. The van der Waals surface area contributed by atoms with Crippen LogP contribution in [0.1, 0.15) is 26.2 Å². The molecule has 0 bridgehead atoms. The van der Waals surface area contributed by atoms with Gasteiger partial charge in [-0.2, -0.15) is 0 Å². The highest BCUT2D eigenvalue weighted by Gasteiger charge is 2.30. The van der Waals surface area contributed by atoms with Crippen molar-refractivity contribution in [2.24, 2.45) is 5.73 Å². The average Bonchev–Trinajstić information content (AvgIpc) is 2.17. The van der Waals surface area contributed by atoms with Gasteiger partial charge in [0.05, 0.1) is 6.61 Å². The smallest absolute Gasteiger partial charge is 0.109 e. The number of hydrogen-bond acceptors (Lipinski definition) is 3. The molecule has 2 atom stereocenters. The first-order valence-electron chi connectivity index (χ1n) is 5.26. The van der Waals surface area contributed by atoms with Crippen molar-refractivity contribution in [2.45, 2.75) is 37.8 Å². The predicted molar refractivity (Wildman–Crippen MR) is 57.2 cm³/mol. The monoisotopic (exact) mass is 199 g/mol. The fourth-order valence-electron chi connectivity index (χ4n) is 1.74. The predicted octanol–water partition coefficient (Wildman–Crippen LogP) is 1.48. The van der Waals surface area contributed by atoms with Gasteiger partial charge in [0, 0.05) is 19.8 Å². The van der Waals surface area contributed by atoms with Crippen LogP contribution in [0.5, 0.6) is 0 Å². The summed E-state index contributed by atoms with van der Waals surface area (Å²) >= 11 is 0. The standard InChI is InChI=1S/C11H21NO2/c1-10(12)5-7-11(9-13-2)6-3-4-8-14-11/h5,7,10H,3-4,6,8-9,12H2,1-2H3/b7-5+. The van der Waals surface area contributed by atoms with Gasteiger partial charge in [0.15, 0.2) is 0 Å². The molecular formula is C11H21NO2. The number of ether oxygens (including phenoxy) is 2. The highest BCUT2D eigenvalue weighted by atomic mass is 16.5. The van der Waals surface area contributed by atoms with Crippen LogP contribution in [0.3, 0.4) is 0 Å². The molecule has 1 aliphatic rings. The minimum atomic E-state index is -0.222. The van der Waals surface area contributed by atoms with Gasteiger partial charge in [-0.25, -0.2) is 0 Å². The molecule has 1 rings (SSSR count). The molecule has 0 radical (unpaired) electrons. The van der Waals surface area contributed by atoms with E-state index >= 15 is 0 Å². The molecule has 1 aliphatic heterocycles. The molecule has 0 aromatic heterocycles. The normalized spacial score (nSPS) is 30.8. The van der Waals surface area contributed by atoms with Crippen LogP contribution in [0, 0.1) is 0 Å². The fourth-order valence-corrected chi connectivity index (χ4v) is 1.74. The van der Waals surface area contributed by atoms with Crippen molar-refractivity contribution in [2.75, 3.05) is 20.3 Å². The first kappa shape index (κ1) is 11.7. The molecule has 0 aliphatic carbocycles. The zero-order chi connectivity index (χ0) is 10.4. The Balaban J connectivity index is 2.59. The van der Waals surface area contributed by atoms with Crippen molar-refractivity contribution >= 4 is 0 Å². The third-order valence-electron chi connectivity index (χ3n) is 2.48. The zero-order valence-corrected chi connectivity index (χ0v) is 9.16. The quantitative estimate of drug-likeness (QED) is 0.697. The maximum atomic E-state index is 5.79. The first-order valence-corrected chi connectivity index (χ1v) is 5.26. The Morgan fingerprint density at radius 3 is 2.86 bits per heavy atom. The van der Waals surface area contributed by atoms with Crippen LogP contribution in [-0.2, 0) is 9.47 Å². The lowest BCUT2D eigenvalue weighted by Crippen LogP contribution is -2.39. The molecule has 0 spiro atoms. The summed E-state index contributed by atoms with van der Waals surface area (Å²) in [6, 6.07) is 0.0780. The molecule has 1 saturated heterocycles. The Morgan fingerprint density at radius 2 is 2.36 bits per heavy atom. The molecule has 3 heteroatoms. The number of methoxy groups -OCH3 is 1. The second kappa shape index (κ2) is 5.49. The summed E-state index contributed by atoms with van der Waals surface area (Å²) in [5.41, 5.74) is 5.46. The van der Waals surface area contributed by atoms with E-state index in [2.05, 4.69) is 6.08 Å². The van der Waals surface area contributed by atoms with Crippen LogP contribution in [0.4, 0.5) is 0 Å². The lowest BCUT2D eigenvalue weighted by Gasteiger charge is -2.34. The van der Waals surface area contributed by atoms with Crippen molar-refractivity contribution in [1.82, 2.24) is 0 Å². The highest BCUT2D eigenvalue weighted by molar-refractivity contribution is 5.06. The summed E-state index contributed by atoms with van der Waals surface area (Å²) in [6.45, 7) is 3.41. The highest BCUT2D eigenvalue weighted by Crippen LogP contribution is 2.26. The van der Waals surface area contributed by atoms with E-state index in [9.17, 15) is 0 Å². The topological polar surface area (TPSA) is 44.5 Å². The molecule has 2 N–H and O–H groups in total. The van der Waals surface area contributed by atoms with E-state index in [1.54, 1.807) is 7.11 Å². The Bertz CT molecular complexity index is 178. The van der Waals surface area contributed by atoms with Crippen LogP contribution in [-0.4, -0.2) is 32.0 Å². The average molecular weight is 199 g/mol. The molecule has 3 nitrogen and oxygen atoms in total. The van der Waals surface area contributed by atoms with E-state index in [1.165, 1.54) is 6.42 Å². The van der Waals surface area contributed by atoms with Gasteiger partial charge in [0.25, 0.3) is 0 Å². The Kier molecular flexibility index (Phi) is 4.58. The second-order valence-electron chi connectivity index (χ2n) is 4.02. The van der Waals surface area contributed by atoms with E-state index in [1.807, 2.05) is 13.0 Å². The van der Waals surface area contributed by atoms with E-state index < -0.39 is 0 Å². The fraction of sp³-hybridized carbons (Fsp3) is 0.818. The molecule has 0 aromatic carbocycles. The van der Waals surface area contributed by atoms with Crippen molar-refractivity contribution < 1.29 is 9.47 Å². The SMILES string of the molecule is COCC1(/C=C/C(C)N)CCCCO1. The maximum Gasteiger partial charge on any atom is 0.109 e. The lowest BCUT2D eigenvalue weighted by atomic mass is 9.93. The van der Waals surface area contributed by atoms with E-state index in [0.717, 1.165) is 19.4 Å². The summed E-state index contributed by atoms with van der Waals surface area (Å²) in [4.78, 5) is 0. The molecule has 0 aromatic rings. The summed E-state index contributed by atoms with van der Waals surface area (Å²) < 4.78 is 11.0. The van der Waals surface area contributed by atoms with Crippen molar-refractivity contribution in [3.05, 3.63) is 12.2 Å². The molecule has 1 fully saturated rings. The number of nitrogens with two attached hydrogens (primary N) is 1. The molecular weight excluding hydrogens is 178 g/mol. The summed E-state index contributed by atoms with van der Waals surface area (Å²) in [7, 11) is 1.71. The van der Waals surface area contributed by atoms with Gasteiger partial charge in [-0.15, -0.1) is 0 Å². The van der Waals surface area contributed by atoms with E-state index in [-0.39, 0.29) is 11.6 Å². The van der Waals surface area contributed by atoms with Crippen molar-refractivity contribution in [1.29, 1.82) is 0 Å². The van der Waals surface area contributed by atoms with Crippen molar-refractivity contribution in [3.63, 3.8) is 0 Å². The third-order valence-corrected chi connectivity index (χ3v) is 2.48. The Hall–Kier alpha value is -0.380. The summed E-state index contributed by atoms with van der Waals surface area (Å²) in [6.07, 6.45) is 7.44. The number of hydrogen-bond donors (Lipinski definition) is 1. The minimum Gasteiger partial charge on any atom is -0.381 e. The molecule has 14 heavy (non-hydrogen) atoms. The van der Waals surface area contributed by atoms with Gasteiger partial charge in [-0.3, -0.25) is 0 Å². The largest absolute Gasteiger partial charge is 0.381 e. The zero-order valence-electron chi connectivity index (χ0n) is 9.16. The lowest BCUT2D eigenvalue weighted by molar-refractivity contribution is -0.0833. The molecule has 1 heterocycles. The van der Waals surface area contributed by atoms with Gasteiger partial charge in [0.2, 0.25) is 0 Å². The van der Waals surface area contributed by atoms with Crippen LogP contribution in [0.2, 0.25) is 0 Å². The van der Waals surface area contributed by atoms with Gasteiger partial charge in [0.1, 0.15) is 5.60 Å². The minimum absolute atomic E-state index is 0.0780. The molecule has 0 saturated carbocycles. The van der Waals surface area contributed by atoms with E-state index in [0.29, 0.717) is 6.61 Å². The van der Waals surface area contributed by atoms with Gasteiger partial charge in [-0.1, -0.05) is 12.2 Å². The number of rotatable bonds is 4. The van der Waals surface area contributed by atoms with Crippen molar-refractivity contribution in [3.8, 4) is 0 Å². The third kappa shape index (κ3) is 3.40.